The lowest BCUT2D eigenvalue weighted by atomic mass is 10.2. The summed E-state index contributed by atoms with van der Waals surface area (Å²) in [5.41, 5.74) is 0. The normalized spacial score (nSPS) is 14.8. The van der Waals surface area contributed by atoms with Crippen molar-refractivity contribution in [2.24, 2.45) is 11.8 Å². The Morgan fingerprint density at radius 3 is 1.12 bits per heavy atom. The standard InChI is InChI=1S/C12H22O4/c1-7(2)11(13)15-9(5)10(6)16-12(14)8(3)4/h7-10H,1-6H3. The number of hydrogen-bond donors (Lipinski definition) is 0. The summed E-state index contributed by atoms with van der Waals surface area (Å²) >= 11 is 0. The fourth-order valence-corrected chi connectivity index (χ4v) is 0.830. The van der Waals surface area contributed by atoms with E-state index in [1.165, 1.54) is 0 Å². The van der Waals surface area contributed by atoms with E-state index in [-0.39, 0.29) is 23.8 Å². The maximum Gasteiger partial charge on any atom is 0.308 e. The molecule has 0 fully saturated rings. The Morgan fingerprint density at radius 2 is 0.938 bits per heavy atom. The molecule has 4 nitrogen and oxygen atoms in total. The van der Waals surface area contributed by atoms with Crippen LogP contribution in [0.4, 0.5) is 0 Å². The lowest BCUT2D eigenvalue weighted by Gasteiger charge is -2.22. The molecule has 0 aliphatic rings. The van der Waals surface area contributed by atoms with Crippen LogP contribution in [0.2, 0.25) is 0 Å². The minimum atomic E-state index is -0.419. The molecule has 0 saturated carbocycles. The van der Waals surface area contributed by atoms with Crippen molar-refractivity contribution in [3.8, 4) is 0 Å². The fraction of sp³-hybridized carbons (Fsp3) is 0.833. The molecule has 0 aromatic carbocycles. The number of esters is 2. The summed E-state index contributed by atoms with van der Waals surface area (Å²) in [6, 6.07) is 0. The predicted octanol–water partition coefficient (Wildman–Crippen LogP) is 2.16. The minimum Gasteiger partial charge on any atom is -0.459 e. The summed E-state index contributed by atoms with van der Waals surface area (Å²) in [6.45, 7) is 10.5. The molecule has 2 unspecified atom stereocenters. The first kappa shape index (κ1) is 14.9. The lowest BCUT2D eigenvalue weighted by Crippen LogP contribution is -2.33. The van der Waals surface area contributed by atoms with Crippen LogP contribution in [-0.2, 0) is 19.1 Å². The molecule has 0 radical (unpaired) electrons. The molecule has 0 amide bonds. The van der Waals surface area contributed by atoms with E-state index in [0.29, 0.717) is 0 Å². The quantitative estimate of drug-likeness (QED) is 0.679. The Kier molecular flexibility index (Phi) is 6.08. The second-order valence-electron chi connectivity index (χ2n) is 4.59. The first-order valence-electron chi connectivity index (χ1n) is 5.66. The van der Waals surface area contributed by atoms with Gasteiger partial charge in [-0.15, -0.1) is 0 Å². The molecule has 0 heterocycles. The molecule has 0 aromatic heterocycles. The van der Waals surface area contributed by atoms with E-state index < -0.39 is 12.2 Å². The molecule has 94 valence electrons. The van der Waals surface area contributed by atoms with Gasteiger partial charge in [0.2, 0.25) is 0 Å². The molecule has 0 saturated heterocycles. The summed E-state index contributed by atoms with van der Waals surface area (Å²) in [7, 11) is 0. The van der Waals surface area contributed by atoms with Gasteiger partial charge in [0, 0.05) is 0 Å². The number of rotatable bonds is 5. The summed E-state index contributed by atoms with van der Waals surface area (Å²) in [5, 5.41) is 0. The van der Waals surface area contributed by atoms with E-state index in [0.717, 1.165) is 0 Å². The molecule has 0 rings (SSSR count). The van der Waals surface area contributed by atoms with Gasteiger partial charge in [-0.1, -0.05) is 27.7 Å². The third-order valence-corrected chi connectivity index (χ3v) is 2.21. The van der Waals surface area contributed by atoms with Gasteiger partial charge in [-0.2, -0.15) is 0 Å². The van der Waals surface area contributed by atoms with Crippen LogP contribution < -0.4 is 0 Å². The minimum absolute atomic E-state index is 0.171. The van der Waals surface area contributed by atoms with Crippen LogP contribution in [0.25, 0.3) is 0 Å². The molecular formula is C12H22O4. The van der Waals surface area contributed by atoms with Crippen LogP contribution in [0.3, 0.4) is 0 Å². The summed E-state index contributed by atoms with van der Waals surface area (Å²) < 4.78 is 10.3. The van der Waals surface area contributed by atoms with E-state index >= 15 is 0 Å². The van der Waals surface area contributed by atoms with Crippen LogP contribution in [0.15, 0.2) is 0 Å². The van der Waals surface area contributed by atoms with Crippen LogP contribution in [0.1, 0.15) is 41.5 Å². The SMILES string of the molecule is CC(C)C(=O)OC(C)C(C)OC(=O)C(C)C. The van der Waals surface area contributed by atoms with Crippen molar-refractivity contribution in [2.75, 3.05) is 0 Å². The van der Waals surface area contributed by atoms with Gasteiger partial charge < -0.3 is 9.47 Å². The maximum atomic E-state index is 11.3. The molecule has 0 spiro atoms. The van der Waals surface area contributed by atoms with Gasteiger partial charge in [0.1, 0.15) is 12.2 Å². The van der Waals surface area contributed by atoms with Gasteiger partial charge in [-0.05, 0) is 13.8 Å². The zero-order valence-corrected chi connectivity index (χ0v) is 10.9. The zero-order valence-electron chi connectivity index (χ0n) is 10.9. The third kappa shape index (κ3) is 5.14. The van der Waals surface area contributed by atoms with Gasteiger partial charge in [-0.3, -0.25) is 9.59 Å². The molecule has 0 aliphatic heterocycles. The van der Waals surface area contributed by atoms with E-state index in [4.69, 9.17) is 9.47 Å². The van der Waals surface area contributed by atoms with Crippen molar-refractivity contribution in [3.63, 3.8) is 0 Å². The van der Waals surface area contributed by atoms with Gasteiger partial charge in [0.15, 0.2) is 0 Å². The Balaban J connectivity index is 4.14. The fourth-order valence-electron chi connectivity index (χ4n) is 0.830. The van der Waals surface area contributed by atoms with Gasteiger partial charge in [-0.25, -0.2) is 0 Å². The number of ether oxygens (including phenoxy) is 2. The highest BCUT2D eigenvalue weighted by molar-refractivity contribution is 5.72. The van der Waals surface area contributed by atoms with Crippen molar-refractivity contribution in [1.82, 2.24) is 0 Å². The van der Waals surface area contributed by atoms with Gasteiger partial charge in [0.05, 0.1) is 11.8 Å². The largest absolute Gasteiger partial charge is 0.459 e. The average Bonchev–Trinajstić information content (AvgIpc) is 2.16. The second-order valence-corrected chi connectivity index (χ2v) is 4.59. The number of hydrogen-bond acceptors (Lipinski definition) is 4. The van der Waals surface area contributed by atoms with Crippen molar-refractivity contribution >= 4 is 11.9 Å². The zero-order chi connectivity index (χ0) is 12.9. The summed E-state index contributed by atoms with van der Waals surface area (Å²) in [5.74, 6) is -0.897. The van der Waals surface area contributed by atoms with E-state index in [1.807, 2.05) is 0 Å². The Hall–Kier alpha value is -1.06. The predicted molar refractivity (Wildman–Crippen MR) is 60.8 cm³/mol. The highest BCUT2D eigenvalue weighted by Gasteiger charge is 2.22. The monoisotopic (exact) mass is 230 g/mol. The third-order valence-electron chi connectivity index (χ3n) is 2.21. The molecule has 2 atom stereocenters. The van der Waals surface area contributed by atoms with E-state index in [2.05, 4.69) is 0 Å². The van der Waals surface area contributed by atoms with Crippen LogP contribution in [0.5, 0.6) is 0 Å². The highest BCUT2D eigenvalue weighted by atomic mass is 16.6. The van der Waals surface area contributed by atoms with Crippen molar-refractivity contribution < 1.29 is 19.1 Å². The van der Waals surface area contributed by atoms with Crippen molar-refractivity contribution in [3.05, 3.63) is 0 Å². The average molecular weight is 230 g/mol. The van der Waals surface area contributed by atoms with Crippen LogP contribution >= 0.6 is 0 Å². The van der Waals surface area contributed by atoms with Crippen molar-refractivity contribution in [1.29, 1.82) is 0 Å². The summed E-state index contributed by atoms with van der Waals surface area (Å²) in [4.78, 5) is 22.6. The lowest BCUT2D eigenvalue weighted by molar-refractivity contribution is -0.169. The molecule has 0 aliphatic carbocycles. The van der Waals surface area contributed by atoms with Gasteiger partial charge >= 0.3 is 11.9 Å². The van der Waals surface area contributed by atoms with E-state index in [1.54, 1.807) is 41.5 Å². The molecular weight excluding hydrogens is 208 g/mol. The first-order valence-corrected chi connectivity index (χ1v) is 5.66. The Labute approximate surface area is 97.3 Å². The Morgan fingerprint density at radius 1 is 0.688 bits per heavy atom. The topological polar surface area (TPSA) is 52.6 Å². The first-order chi connectivity index (χ1) is 7.25. The van der Waals surface area contributed by atoms with Crippen LogP contribution in [-0.4, -0.2) is 24.1 Å². The smallest absolute Gasteiger partial charge is 0.308 e. The highest BCUT2D eigenvalue weighted by Crippen LogP contribution is 2.09. The van der Waals surface area contributed by atoms with E-state index in [9.17, 15) is 9.59 Å². The number of carbonyl (C=O) groups excluding carboxylic acids is 2. The van der Waals surface area contributed by atoms with Gasteiger partial charge in [0.25, 0.3) is 0 Å². The molecule has 4 heteroatoms. The molecule has 0 aromatic rings. The maximum absolute atomic E-state index is 11.3. The second kappa shape index (κ2) is 6.51. The Bertz CT molecular complexity index is 219. The molecule has 0 bridgehead atoms. The number of carbonyl (C=O) groups is 2. The molecule has 16 heavy (non-hydrogen) atoms. The van der Waals surface area contributed by atoms with Crippen molar-refractivity contribution in [2.45, 2.75) is 53.8 Å². The van der Waals surface area contributed by atoms with Crippen LogP contribution in [0, 0.1) is 11.8 Å². The summed E-state index contributed by atoms with van der Waals surface area (Å²) in [6.07, 6.45) is -0.838. The molecule has 0 N–H and O–H groups in total.